The van der Waals surface area contributed by atoms with Crippen LogP contribution in [0.3, 0.4) is 0 Å². The highest BCUT2D eigenvalue weighted by molar-refractivity contribution is 7.98. The summed E-state index contributed by atoms with van der Waals surface area (Å²) >= 11 is 1.50. The third kappa shape index (κ3) is 4.72. The van der Waals surface area contributed by atoms with Crippen LogP contribution in [0.5, 0.6) is 11.5 Å². The molecule has 6 rings (SSSR count). The summed E-state index contributed by atoms with van der Waals surface area (Å²) in [7, 11) is 2.24. The number of amides is 1. The molecule has 0 spiro atoms. The molecule has 3 aliphatic heterocycles. The molecule has 38 heavy (non-hydrogen) atoms. The van der Waals surface area contributed by atoms with Crippen LogP contribution in [0.4, 0.5) is 0 Å². The highest BCUT2D eigenvalue weighted by atomic mass is 32.2. The van der Waals surface area contributed by atoms with Crippen LogP contribution in [0.2, 0.25) is 0 Å². The van der Waals surface area contributed by atoms with Gasteiger partial charge in [0.15, 0.2) is 5.75 Å². The van der Waals surface area contributed by atoms with Gasteiger partial charge in [-0.05, 0) is 75.9 Å². The Balaban J connectivity index is 1.17. The number of nitrogens with zero attached hydrogens (tertiary/aromatic N) is 3. The van der Waals surface area contributed by atoms with Crippen LogP contribution in [0.15, 0.2) is 27.9 Å². The quantitative estimate of drug-likeness (QED) is 0.540. The molecule has 2 unspecified atom stereocenters. The molecule has 3 N–H and O–H groups in total. The number of hydrogen-bond donors (Lipinski definition) is 2. The number of aryl methyl sites for hydroxylation is 1. The van der Waals surface area contributed by atoms with Crippen molar-refractivity contribution < 1.29 is 14.5 Å². The number of thioether (sulfide) groups is 1. The van der Waals surface area contributed by atoms with E-state index in [4.69, 9.17) is 15.4 Å². The van der Waals surface area contributed by atoms with Gasteiger partial charge in [-0.1, -0.05) is 0 Å². The predicted molar refractivity (Wildman–Crippen MR) is 147 cm³/mol. The van der Waals surface area contributed by atoms with Gasteiger partial charge in [-0.25, -0.2) is 0 Å². The summed E-state index contributed by atoms with van der Waals surface area (Å²) in [5.74, 6) is 2.12. The molecule has 1 aromatic heterocycles. The van der Waals surface area contributed by atoms with E-state index in [0.717, 1.165) is 48.1 Å². The normalized spacial score (nSPS) is 27.7. The van der Waals surface area contributed by atoms with Gasteiger partial charge in [0.05, 0.1) is 6.04 Å². The van der Waals surface area contributed by atoms with Gasteiger partial charge in [-0.2, -0.15) is 0 Å². The summed E-state index contributed by atoms with van der Waals surface area (Å²) in [5.41, 5.74) is 7.88. The number of fused-ring (bicyclic) bond motifs is 2. The van der Waals surface area contributed by atoms with E-state index >= 15 is 0 Å². The molecule has 0 radical (unpaired) electrons. The number of hydrogen-bond acceptors (Lipinski definition) is 8. The summed E-state index contributed by atoms with van der Waals surface area (Å²) < 4.78 is 0. The zero-order chi connectivity index (χ0) is 26.6. The molecule has 3 fully saturated rings. The maximum absolute atomic E-state index is 12.9. The predicted octanol–water partition coefficient (Wildman–Crippen LogP) is 2.80. The largest absolute Gasteiger partial charge is 0.367 e. The standard InChI is InChI=1S/C28H37N5O4S/c1-16-10-25(38-3)23(28(35)30-16)11-22-21(27(29)34)8-9-24-26(22)37-33(36-24)20-6-4-19(5-7-20)32-14-17-12-31(2)13-18(17)15-32/h8-10,17-20H,4-7,11-15H2,1-3H3,(H2,29,34)(H,30,35). The topological polar surface area (TPSA) is 104 Å². The molecule has 4 aliphatic rings. The van der Waals surface area contributed by atoms with Gasteiger partial charge in [0.25, 0.3) is 5.56 Å². The van der Waals surface area contributed by atoms with E-state index in [1.165, 1.54) is 37.9 Å². The summed E-state index contributed by atoms with van der Waals surface area (Å²) in [6, 6.07) is 6.11. The number of primary amides is 1. The van der Waals surface area contributed by atoms with Crippen LogP contribution in [-0.2, 0) is 6.42 Å². The molecule has 1 amide bonds. The maximum atomic E-state index is 12.9. The number of rotatable bonds is 6. The van der Waals surface area contributed by atoms with E-state index in [9.17, 15) is 9.59 Å². The molecule has 1 saturated carbocycles. The number of hydroxylamine groups is 2. The van der Waals surface area contributed by atoms with Crippen LogP contribution in [0, 0.1) is 18.8 Å². The first kappa shape index (κ1) is 25.7. The number of H-pyrrole nitrogens is 1. The smallest absolute Gasteiger partial charge is 0.252 e. The summed E-state index contributed by atoms with van der Waals surface area (Å²) in [6.45, 7) is 6.76. The fourth-order valence-electron chi connectivity index (χ4n) is 6.95. The van der Waals surface area contributed by atoms with Crippen LogP contribution in [0.25, 0.3) is 0 Å². The molecule has 2 aromatic rings. The minimum Gasteiger partial charge on any atom is -0.367 e. The molecule has 2 saturated heterocycles. The average molecular weight is 540 g/mol. The Bertz CT molecular complexity index is 1280. The Labute approximate surface area is 227 Å². The van der Waals surface area contributed by atoms with Crippen molar-refractivity contribution in [3.8, 4) is 11.5 Å². The SMILES string of the molecule is CSc1cc(C)[nH]c(=O)c1Cc1c(C(N)=O)ccc2c1ON(C1CCC(N3CC4CN(C)CC4C3)CC1)O2. The lowest BCUT2D eigenvalue weighted by molar-refractivity contribution is -0.260. The molecule has 4 heterocycles. The molecule has 0 bridgehead atoms. The molecule has 10 heteroatoms. The number of nitrogens with one attached hydrogen (secondary N) is 1. The van der Waals surface area contributed by atoms with E-state index in [-0.39, 0.29) is 18.0 Å². The Morgan fingerprint density at radius 3 is 2.39 bits per heavy atom. The fourth-order valence-corrected chi connectivity index (χ4v) is 7.65. The number of nitrogens with two attached hydrogens (primary N) is 1. The van der Waals surface area contributed by atoms with Crippen LogP contribution >= 0.6 is 11.8 Å². The second-order valence-corrected chi connectivity index (χ2v) is 12.3. The van der Waals surface area contributed by atoms with Crippen molar-refractivity contribution in [1.82, 2.24) is 20.0 Å². The minimum atomic E-state index is -0.554. The molecule has 204 valence electrons. The number of carbonyl (C=O) groups excluding carboxylic acids is 1. The van der Waals surface area contributed by atoms with Gasteiger partial charge in [0.1, 0.15) is 0 Å². The number of aromatic nitrogens is 1. The van der Waals surface area contributed by atoms with Crippen molar-refractivity contribution >= 4 is 17.7 Å². The van der Waals surface area contributed by atoms with E-state index < -0.39 is 5.91 Å². The number of carbonyl (C=O) groups is 1. The van der Waals surface area contributed by atoms with Crippen LogP contribution in [0.1, 0.15) is 52.9 Å². The molecule has 1 aromatic carbocycles. The van der Waals surface area contributed by atoms with E-state index in [2.05, 4.69) is 21.8 Å². The van der Waals surface area contributed by atoms with Crippen molar-refractivity contribution in [2.24, 2.45) is 17.6 Å². The highest BCUT2D eigenvalue weighted by Crippen LogP contribution is 2.43. The third-order valence-corrected chi connectivity index (χ3v) is 9.64. The number of benzene rings is 1. The van der Waals surface area contributed by atoms with Crippen molar-refractivity contribution in [3.05, 3.63) is 50.9 Å². The Hall–Kier alpha value is -2.53. The molecular formula is C28H37N5O4S. The average Bonchev–Trinajstić information content (AvgIpc) is 3.58. The fraction of sp³-hybridized carbons (Fsp3) is 0.571. The zero-order valence-electron chi connectivity index (χ0n) is 22.4. The third-order valence-electron chi connectivity index (χ3n) is 8.84. The van der Waals surface area contributed by atoms with Crippen molar-refractivity contribution in [2.75, 3.05) is 39.5 Å². The highest BCUT2D eigenvalue weighted by Gasteiger charge is 2.43. The first-order valence-corrected chi connectivity index (χ1v) is 14.8. The summed E-state index contributed by atoms with van der Waals surface area (Å²) in [6.07, 6.45) is 6.37. The minimum absolute atomic E-state index is 0.126. The van der Waals surface area contributed by atoms with Gasteiger partial charge in [-0.3, -0.25) is 14.5 Å². The number of pyridine rings is 1. The van der Waals surface area contributed by atoms with Crippen molar-refractivity contribution in [3.63, 3.8) is 0 Å². The first-order valence-electron chi connectivity index (χ1n) is 13.6. The van der Waals surface area contributed by atoms with Crippen molar-refractivity contribution in [1.29, 1.82) is 0 Å². The van der Waals surface area contributed by atoms with Gasteiger partial charge in [-0.15, -0.1) is 11.8 Å². The van der Waals surface area contributed by atoms with Gasteiger partial charge < -0.3 is 25.3 Å². The summed E-state index contributed by atoms with van der Waals surface area (Å²) in [4.78, 5) is 46.6. The lowest BCUT2D eigenvalue weighted by Gasteiger charge is -2.36. The van der Waals surface area contributed by atoms with E-state index in [1.54, 1.807) is 17.4 Å². The Kier molecular flexibility index (Phi) is 6.92. The second-order valence-electron chi connectivity index (χ2n) is 11.4. The molecule has 1 aliphatic carbocycles. The van der Waals surface area contributed by atoms with Crippen LogP contribution < -0.4 is 21.0 Å². The number of aromatic amines is 1. The zero-order valence-corrected chi connectivity index (χ0v) is 23.2. The monoisotopic (exact) mass is 539 g/mol. The van der Waals surface area contributed by atoms with Gasteiger partial charge in [0.2, 0.25) is 11.7 Å². The van der Waals surface area contributed by atoms with E-state index in [0.29, 0.717) is 34.2 Å². The van der Waals surface area contributed by atoms with E-state index in [1.807, 2.05) is 19.2 Å². The molecule has 2 atom stereocenters. The number of likely N-dealkylation sites (tertiary alicyclic amines) is 2. The van der Waals surface area contributed by atoms with Crippen molar-refractivity contribution in [2.45, 2.75) is 56.0 Å². The Morgan fingerprint density at radius 2 is 1.74 bits per heavy atom. The van der Waals surface area contributed by atoms with Gasteiger partial charge >= 0.3 is 0 Å². The molecule has 9 nitrogen and oxygen atoms in total. The van der Waals surface area contributed by atoms with Gasteiger partial charge in [0, 0.05) is 71.1 Å². The maximum Gasteiger partial charge on any atom is 0.252 e. The first-order chi connectivity index (χ1) is 18.3. The lowest BCUT2D eigenvalue weighted by atomic mass is 9.90. The van der Waals surface area contributed by atoms with Crippen LogP contribution in [-0.4, -0.2) is 77.5 Å². The lowest BCUT2D eigenvalue weighted by Crippen LogP contribution is -2.45. The second kappa shape index (κ2) is 10.2. The Morgan fingerprint density at radius 1 is 1.05 bits per heavy atom. The molecular weight excluding hydrogens is 502 g/mol. The summed E-state index contributed by atoms with van der Waals surface area (Å²) in [5, 5.41) is 1.61.